The molecule has 0 radical (unpaired) electrons. The lowest BCUT2D eigenvalue weighted by atomic mass is 9.83. The van der Waals surface area contributed by atoms with Crippen LogP contribution in [-0.2, 0) is 17.4 Å². The zero-order valence-corrected chi connectivity index (χ0v) is 18.9. The molecule has 2 rings (SSSR count). The van der Waals surface area contributed by atoms with Crippen LogP contribution in [0.2, 0.25) is 0 Å². The first-order valence-corrected chi connectivity index (χ1v) is 11.8. The summed E-state index contributed by atoms with van der Waals surface area (Å²) in [6, 6.07) is 5.72. The molecule has 0 saturated heterocycles. The maximum Gasteiger partial charge on any atom is 0.416 e. The minimum atomic E-state index is -4.34. The molecule has 182 valence electrons. The van der Waals surface area contributed by atoms with Crippen molar-refractivity contribution in [2.45, 2.75) is 95.9 Å². The normalized spacial score (nSPS) is 24.6. The molecule has 1 aliphatic carbocycles. The van der Waals surface area contributed by atoms with Crippen LogP contribution in [0.5, 0.6) is 0 Å². The Morgan fingerprint density at radius 2 is 1.62 bits per heavy atom. The largest absolute Gasteiger partial charge is 0.481 e. The average Bonchev–Trinajstić information content (AvgIpc) is 2.99. The first-order chi connectivity index (χ1) is 15.1. The van der Waals surface area contributed by atoms with Gasteiger partial charge in [0.15, 0.2) is 0 Å². The summed E-state index contributed by atoms with van der Waals surface area (Å²) in [7, 11) is 0. The summed E-state index contributed by atoms with van der Waals surface area (Å²) in [5.41, 5.74) is -0.242. The molecule has 0 amide bonds. The lowest BCUT2D eigenvalue weighted by Gasteiger charge is -2.25. The molecule has 1 saturated carbocycles. The Kier molecular flexibility index (Phi) is 10.5. The number of carboxylic acids is 1. The van der Waals surface area contributed by atoms with E-state index in [-0.39, 0.29) is 24.2 Å². The fourth-order valence-corrected chi connectivity index (χ4v) is 5.03. The quantitative estimate of drug-likeness (QED) is 0.325. The Bertz CT molecular complexity index is 707. The summed E-state index contributed by atoms with van der Waals surface area (Å²) < 4.78 is 39.5. The molecule has 5 atom stereocenters. The van der Waals surface area contributed by atoms with E-state index in [2.05, 4.69) is 0 Å². The Labute approximate surface area is 188 Å². The van der Waals surface area contributed by atoms with Crippen LogP contribution in [0.3, 0.4) is 0 Å². The number of aliphatic carboxylic acids is 1. The van der Waals surface area contributed by atoms with Gasteiger partial charge in [0, 0.05) is 6.42 Å². The summed E-state index contributed by atoms with van der Waals surface area (Å²) >= 11 is 0. The molecule has 0 aliphatic heterocycles. The topological polar surface area (TPSA) is 77.8 Å². The first kappa shape index (κ1) is 26.7. The molecule has 1 aromatic carbocycles. The summed E-state index contributed by atoms with van der Waals surface area (Å²) in [4.78, 5) is 10.6. The van der Waals surface area contributed by atoms with Gasteiger partial charge in [-0.25, -0.2) is 0 Å². The van der Waals surface area contributed by atoms with Crippen molar-refractivity contribution in [2.75, 3.05) is 0 Å². The fourth-order valence-electron chi connectivity index (χ4n) is 5.03. The molecule has 0 aromatic heterocycles. The SMILES string of the molecule is CC(CCc1ccccc1C(F)(F)F)CCC1C(O)CC(O)C1CCCCCCC(=O)O. The minimum Gasteiger partial charge on any atom is -0.481 e. The Balaban J connectivity index is 1.78. The third-order valence-electron chi connectivity index (χ3n) is 6.92. The van der Waals surface area contributed by atoms with Crippen LogP contribution in [0.25, 0.3) is 0 Å². The van der Waals surface area contributed by atoms with Crippen LogP contribution in [0.15, 0.2) is 24.3 Å². The number of aliphatic hydroxyl groups is 2. The van der Waals surface area contributed by atoms with Crippen LogP contribution < -0.4 is 0 Å². The van der Waals surface area contributed by atoms with E-state index in [1.54, 1.807) is 12.1 Å². The van der Waals surface area contributed by atoms with Gasteiger partial charge in [0.1, 0.15) is 0 Å². The number of unbranched alkanes of at least 4 members (excludes halogenated alkanes) is 3. The van der Waals surface area contributed by atoms with Crippen molar-refractivity contribution in [3.63, 3.8) is 0 Å². The van der Waals surface area contributed by atoms with Crippen LogP contribution >= 0.6 is 0 Å². The molecule has 1 aliphatic rings. The number of carbonyl (C=O) groups is 1. The average molecular weight is 459 g/mol. The molecule has 7 heteroatoms. The number of halogens is 3. The van der Waals surface area contributed by atoms with Crippen molar-refractivity contribution in [3.8, 4) is 0 Å². The molecule has 32 heavy (non-hydrogen) atoms. The van der Waals surface area contributed by atoms with Crippen molar-refractivity contribution in [1.82, 2.24) is 0 Å². The summed E-state index contributed by atoms with van der Waals surface area (Å²) in [6.45, 7) is 2.03. The van der Waals surface area contributed by atoms with Gasteiger partial charge in [-0.05, 0) is 67.9 Å². The monoisotopic (exact) mass is 458 g/mol. The van der Waals surface area contributed by atoms with Gasteiger partial charge < -0.3 is 15.3 Å². The van der Waals surface area contributed by atoms with Crippen molar-refractivity contribution < 1.29 is 33.3 Å². The number of benzene rings is 1. The fraction of sp³-hybridized carbons (Fsp3) is 0.720. The molecule has 3 N–H and O–H groups in total. The van der Waals surface area contributed by atoms with Crippen LogP contribution in [0.1, 0.15) is 82.3 Å². The maximum atomic E-state index is 13.2. The lowest BCUT2D eigenvalue weighted by molar-refractivity contribution is -0.138. The molecule has 0 bridgehead atoms. The van der Waals surface area contributed by atoms with Gasteiger partial charge >= 0.3 is 12.1 Å². The van der Waals surface area contributed by atoms with E-state index in [0.717, 1.165) is 44.6 Å². The first-order valence-electron chi connectivity index (χ1n) is 11.8. The van der Waals surface area contributed by atoms with E-state index in [1.165, 1.54) is 6.07 Å². The van der Waals surface area contributed by atoms with Gasteiger partial charge in [0.25, 0.3) is 0 Å². The van der Waals surface area contributed by atoms with Gasteiger partial charge in [-0.2, -0.15) is 13.2 Å². The number of alkyl halides is 3. The molecule has 0 spiro atoms. The Morgan fingerprint density at radius 1 is 1.00 bits per heavy atom. The van der Waals surface area contributed by atoms with Crippen molar-refractivity contribution in [3.05, 3.63) is 35.4 Å². The number of rotatable bonds is 13. The van der Waals surface area contributed by atoms with E-state index < -0.39 is 29.9 Å². The summed E-state index contributed by atoms with van der Waals surface area (Å²) in [6.07, 6.45) is 1.84. The number of aliphatic hydroxyl groups excluding tert-OH is 2. The second-order valence-electron chi connectivity index (χ2n) is 9.42. The molecule has 4 nitrogen and oxygen atoms in total. The van der Waals surface area contributed by atoms with Crippen LogP contribution in [0, 0.1) is 17.8 Å². The van der Waals surface area contributed by atoms with Crippen LogP contribution in [-0.4, -0.2) is 33.5 Å². The Hall–Kier alpha value is -1.60. The smallest absolute Gasteiger partial charge is 0.416 e. The van der Waals surface area contributed by atoms with Gasteiger partial charge in [-0.3, -0.25) is 4.79 Å². The standard InChI is InChI=1S/C25H37F3O4/c1-17(12-14-18-8-6-7-10-21(18)25(26,27)28)13-15-20-19(22(29)16-23(20)30)9-4-2-3-5-11-24(31)32/h6-8,10,17,19-20,22-23,29-30H,2-5,9,11-16H2,1H3,(H,31,32). The number of carboxylic acid groups (broad SMARTS) is 1. The van der Waals surface area contributed by atoms with Gasteiger partial charge in [-0.15, -0.1) is 0 Å². The molecular formula is C25H37F3O4. The summed E-state index contributed by atoms with van der Waals surface area (Å²) in [5.74, 6) is -0.523. The highest BCUT2D eigenvalue weighted by Gasteiger charge is 2.40. The third-order valence-corrected chi connectivity index (χ3v) is 6.92. The highest BCUT2D eigenvalue weighted by molar-refractivity contribution is 5.66. The van der Waals surface area contributed by atoms with Crippen LogP contribution in [0.4, 0.5) is 13.2 Å². The predicted molar refractivity (Wildman–Crippen MR) is 117 cm³/mol. The second kappa shape index (κ2) is 12.6. The van der Waals surface area contributed by atoms with E-state index in [9.17, 15) is 28.2 Å². The highest BCUT2D eigenvalue weighted by Crippen LogP contribution is 2.40. The molecular weight excluding hydrogens is 421 g/mol. The van der Waals surface area contributed by atoms with Crippen molar-refractivity contribution in [1.29, 1.82) is 0 Å². The van der Waals surface area contributed by atoms with Gasteiger partial charge in [-0.1, -0.05) is 50.8 Å². The molecule has 1 aromatic rings. The number of aryl methyl sites for hydroxylation is 1. The minimum absolute atomic E-state index is 0.00827. The highest BCUT2D eigenvalue weighted by atomic mass is 19.4. The van der Waals surface area contributed by atoms with Gasteiger partial charge in [0.2, 0.25) is 0 Å². The maximum absolute atomic E-state index is 13.2. The predicted octanol–water partition coefficient (Wildman–Crippen LogP) is 5.84. The van der Waals surface area contributed by atoms with E-state index in [1.807, 2.05) is 6.92 Å². The zero-order valence-electron chi connectivity index (χ0n) is 18.9. The van der Waals surface area contributed by atoms with E-state index >= 15 is 0 Å². The number of hydrogen-bond acceptors (Lipinski definition) is 3. The third kappa shape index (κ3) is 8.39. The number of hydrogen-bond donors (Lipinski definition) is 3. The molecule has 5 unspecified atom stereocenters. The lowest BCUT2D eigenvalue weighted by Crippen LogP contribution is -2.23. The van der Waals surface area contributed by atoms with E-state index in [4.69, 9.17) is 5.11 Å². The molecule has 1 fully saturated rings. The zero-order chi connectivity index (χ0) is 23.7. The molecule has 0 heterocycles. The van der Waals surface area contributed by atoms with Crippen molar-refractivity contribution >= 4 is 5.97 Å². The van der Waals surface area contributed by atoms with Crippen molar-refractivity contribution in [2.24, 2.45) is 17.8 Å². The van der Waals surface area contributed by atoms with Gasteiger partial charge in [0.05, 0.1) is 17.8 Å². The summed E-state index contributed by atoms with van der Waals surface area (Å²) in [5, 5.41) is 29.5. The Morgan fingerprint density at radius 3 is 2.28 bits per heavy atom. The second-order valence-corrected chi connectivity index (χ2v) is 9.42. The van der Waals surface area contributed by atoms with E-state index in [0.29, 0.717) is 31.2 Å².